The molecule has 3 nitrogen and oxygen atoms in total. The minimum Gasteiger partial charge on any atom is -0.396 e. The Morgan fingerprint density at radius 1 is 1.33 bits per heavy atom. The van der Waals surface area contributed by atoms with Gasteiger partial charge >= 0.3 is 0 Å². The number of benzene rings is 1. The molecule has 0 spiro atoms. The standard InChI is InChI=1S/C15H21NO2/c1-15(2,7-8-17)16-14(18)13-9-11-5-3-4-6-12(11)10-13/h3-6,13,17H,7-10H2,1-2H3,(H,16,18). The summed E-state index contributed by atoms with van der Waals surface area (Å²) in [5.41, 5.74) is 2.25. The highest BCUT2D eigenvalue weighted by Gasteiger charge is 2.30. The molecule has 0 atom stereocenters. The number of amides is 1. The van der Waals surface area contributed by atoms with Crippen LogP contribution in [0.1, 0.15) is 31.4 Å². The second-order valence-corrected chi connectivity index (χ2v) is 5.72. The number of carbonyl (C=O) groups is 1. The van der Waals surface area contributed by atoms with Crippen molar-refractivity contribution in [3.63, 3.8) is 0 Å². The highest BCUT2D eigenvalue weighted by molar-refractivity contribution is 5.81. The molecule has 2 N–H and O–H groups in total. The molecule has 0 unspecified atom stereocenters. The third-order valence-electron chi connectivity index (χ3n) is 3.62. The summed E-state index contributed by atoms with van der Waals surface area (Å²) < 4.78 is 0. The van der Waals surface area contributed by atoms with Crippen molar-refractivity contribution in [1.29, 1.82) is 0 Å². The second-order valence-electron chi connectivity index (χ2n) is 5.72. The van der Waals surface area contributed by atoms with Crippen LogP contribution in [0.3, 0.4) is 0 Å². The minimum absolute atomic E-state index is 0.0420. The zero-order valence-electron chi connectivity index (χ0n) is 11.1. The van der Waals surface area contributed by atoms with Gasteiger partial charge in [-0.05, 0) is 44.2 Å². The summed E-state index contributed by atoms with van der Waals surface area (Å²) >= 11 is 0. The summed E-state index contributed by atoms with van der Waals surface area (Å²) in [5.74, 6) is 0.144. The lowest BCUT2D eigenvalue weighted by molar-refractivity contribution is -0.126. The maximum absolute atomic E-state index is 12.2. The van der Waals surface area contributed by atoms with Gasteiger partial charge in [-0.3, -0.25) is 4.79 Å². The molecule has 1 aromatic carbocycles. The van der Waals surface area contributed by atoms with Crippen LogP contribution in [0.2, 0.25) is 0 Å². The van der Waals surface area contributed by atoms with Gasteiger partial charge in [-0.1, -0.05) is 24.3 Å². The molecule has 1 aromatic rings. The van der Waals surface area contributed by atoms with Crippen LogP contribution in [0.4, 0.5) is 0 Å². The Balaban J connectivity index is 1.97. The topological polar surface area (TPSA) is 49.3 Å². The average molecular weight is 247 g/mol. The summed E-state index contributed by atoms with van der Waals surface area (Å²) in [6.45, 7) is 3.99. The molecule has 0 aromatic heterocycles. The SMILES string of the molecule is CC(C)(CCO)NC(=O)C1Cc2ccccc2C1. The van der Waals surface area contributed by atoms with Crippen LogP contribution in [-0.4, -0.2) is 23.2 Å². The summed E-state index contributed by atoms with van der Waals surface area (Å²) in [5, 5.41) is 12.0. The third-order valence-corrected chi connectivity index (χ3v) is 3.62. The predicted molar refractivity (Wildman–Crippen MR) is 71.3 cm³/mol. The van der Waals surface area contributed by atoms with E-state index in [4.69, 9.17) is 5.11 Å². The zero-order valence-corrected chi connectivity index (χ0v) is 11.1. The molecule has 98 valence electrons. The molecule has 2 rings (SSSR count). The number of nitrogens with one attached hydrogen (secondary N) is 1. The first kappa shape index (κ1) is 13.1. The normalized spacial score (nSPS) is 15.5. The Kier molecular flexibility index (Phi) is 3.71. The van der Waals surface area contributed by atoms with E-state index in [2.05, 4.69) is 17.4 Å². The summed E-state index contributed by atoms with van der Waals surface area (Å²) in [7, 11) is 0. The van der Waals surface area contributed by atoms with Gasteiger partial charge in [-0.2, -0.15) is 0 Å². The van der Waals surface area contributed by atoms with E-state index in [0.29, 0.717) is 6.42 Å². The van der Waals surface area contributed by atoms with Crippen LogP contribution in [0.15, 0.2) is 24.3 Å². The Morgan fingerprint density at radius 3 is 2.39 bits per heavy atom. The quantitative estimate of drug-likeness (QED) is 0.850. The number of fused-ring (bicyclic) bond motifs is 1. The maximum atomic E-state index is 12.2. The molecule has 0 saturated carbocycles. The van der Waals surface area contributed by atoms with Crippen LogP contribution in [-0.2, 0) is 17.6 Å². The Hall–Kier alpha value is -1.35. The van der Waals surface area contributed by atoms with Crippen LogP contribution >= 0.6 is 0 Å². The largest absolute Gasteiger partial charge is 0.396 e. The van der Waals surface area contributed by atoms with Crippen molar-refractivity contribution in [1.82, 2.24) is 5.32 Å². The molecule has 1 aliphatic rings. The van der Waals surface area contributed by atoms with Crippen molar-refractivity contribution in [2.45, 2.75) is 38.6 Å². The van der Waals surface area contributed by atoms with Gasteiger partial charge in [0, 0.05) is 18.1 Å². The first-order valence-electron chi connectivity index (χ1n) is 6.51. The van der Waals surface area contributed by atoms with Crippen molar-refractivity contribution >= 4 is 5.91 Å². The number of hydrogen-bond acceptors (Lipinski definition) is 2. The van der Waals surface area contributed by atoms with E-state index in [9.17, 15) is 4.79 Å². The average Bonchev–Trinajstić information content (AvgIpc) is 2.71. The van der Waals surface area contributed by atoms with E-state index in [1.807, 2.05) is 26.0 Å². The molecule has 0 bridgehead atoms. The molecule has 0 fully saturated rings. The number of aliphatic hydroxyl groups is 1. The fourth-order valence-electron chi connectivity index (χ4n) is 2.52. The number of hydrogen-bond donors (Lipinski definition) is 2. The fraction of sp³-hybridized carbons (Fsp3) is 0.533. The predicted octanol–water partition coefficient (Wildman–Crippen LogP) is 1.68. The van der Waals surface area contributed by atoms with Gasteiger partial charge in [-0.25, -0.2) is 0 Å². The molecule has 1 aliphatic carbocycles. The number of carbonyl (C=O) groups excluding carboxylic acids is 1. The lowest BCUT2D eigenvalue weighted by Gasteiger charge is -2.27. The number of aliphatic hydroxyl groups excluding tert-OH is 1. The van der Waals surface area contributed by atoms with E-state index in [0.717, 1.165) is 12.8 Å². The summed E-state index contributed by atoms with van der Waals surface area (Å²) in [6.07, 6.45) is 2.24. The summed E-state index contributed by atoms with van der Waals surface area (Å²) in [6, 6.07) is 8.24. The van der Waals surface area contributed by atoms with Crippen LogP contribution < -0.4 is 5.32 Å². The second kappa shape index (κ2) is 5.11. The van der Waals surface area contributed by atoms with E-state index in [1.54, 1.807) is 0 Å². The first-order chi connectivity index (χ1) is 8.52. The Morgan fingerprint density at radius 2 is 1.89 bits per heavy atom. The Labute approximate surface area is 108 Å². The van der Waals surface area contributed by atoms with Gasteiger partial charge < -0.3 is 10.4 Å². The van der Waals surface area contributed by atoms with E-state index in [-0.39, 0.29) is 24.0 Å². The molecule has 0 radical (unpaired) electrons. The molecule has 3 heteroatoms. The Bertz CT molecular complexity index is 415. The van der Waals surface area contributed by atoms with Gasteiger partial charge in [0.05, 0.1) is 0 Å². The molecular weight excluding hydrogens is 226 g/mol. The zero-order chi connectivity index (χ0) is 13.2. The minimum atomic E-state index is -0.333. The smallest absolute Gasteiger partial charge is 0.224 e. The van der Waals surface area contributed by atoms with E-state index in [1.165, 1.54) is 11.1 Å². The lowest BCUT2D eigenvalue weighted by atomic mass is 9.98. The van der Waals surface area contributed by atoms with Crippen molar-refractivity contribution in [2.24, 2.45) is 5.92 Å². The van der Waals surface area contributed by atoms with Gasteiger partial charge in [0.2, 0.25) is 5.91 Å². The highest BCUT2D eigenvalue weighted by atomic mass is 16.3. The highest BCUT2D eigenvalue weighted by Crippen LogP contribution is 2.27. The van der Waals surface area contributed by atoms with Crippen LogP contribution in [0.5, 0.6) is 0 Å². The third kappa shape index (κ3) is 2.91. The van der Waals surface area contributed by atoms with Crippen molar-refractivity contribution in [2.75, 3.05) is 6.61 Å². The van der Waals surface area contributed by atoms with Gasteiger partial charge in [-0.15, -0.1) is 0 Å². The molecular formula is C15H21NO2. The van der Waals surface area contributed by atoms with Crippen molar-refractivity contribution in [3.05, 3.63) is 35.4 Å². The monoisotopic (exact) mass is 247 g/mol. The maximum Gasteiger partial charge on any atom is 0.224 e. The lowest BCUT2D eigenvalue weighted by Crippen LogP contribution is -2.46. The van der Waals surface area contributed by atoms with Crippen LogP contribution in [0.25, 0.3) is 0 Å². The van der Waals surface area contributed by atoms with E-state index < -0.39 is 0 Å². The van der Waals surface area contributed by atoms with E-state index >= 15 is 0 Å². The summed E-state index contributed by atoms with van der Waals surface area (Å²) in [4.78, 5) is 12.2. The van der Waals surface area contributed by atoms with Gasteiger partial charge in [0.15, 0.2) is 0 Å². The first-order valence-corrected chi connectivity index (χ1v) is 6.51. The fourth-order valence-corrected chi connectivity index (χ4v) is 2.52. The molecule has 1 amide bonds. The van der Waals surface area contributed by atoms with Gasteiger partial charge in [0.25, 0.3) is 0 Å². The van der Waals surface area contributed by atoms with Crippen LogP contribution in [0, 0.1) is 5.92 Å². The molecule has 18 heavy (non-hydrogen) atoms. The number of rotatable bonds is 4. The molecule has 0 heterocycles. The van der Waals surface area contributed by atoms with Crippen molar-refractivity contribution < 1.29 is 9.90 Å². The molecule has 0 aliphatic heterocycles. The van der Waals surface area contributed by atoms with Gasteiger partial charge in [0.1, 0.15) is 0 Å². The van der Waals surface area contributed by atoms with Crippen molar-refractivity contribution in [3.8, 4) is 0 Å². The molecule has 0 saturated heterocycles.